The predicted octanol–water partition coefficient (Wildman–Crippen LogP) is 9.90. The Balaban J connectivity index is 3.41. The summed E-state index contributed by atoms with van der Waals surface area (Å²) in [6.45, 7) is 7.89. The number of unbranched alkanes of at least 4 members (excludes halogenated alkanes) is 16. The van der Waals surface area contributed by atoms with Crippen molar-refractivity contribution in [1.82, 2.24) is 4.90 Å². The number of hydrogen-bond acceptors (Lipinski definition) is 3. The van der Waals surface area contributed by atoms with Gasteiger partial charge in [0, 0.05) is 13.2 Å². The van der Waals surface area contributed by atoms with Crippen LogP contribution in [0.3, 0.4) is 0 Å². The minimum atomic E-state index is 0.368. The molecule has 0 aliphatic carbocycles. The molecule has 0 spiro atoms. The highest BCUT2D eigenvalue weighted by Crippen LogP contribution is 2.11. The van der Waals surface area contributed by atoms with Gasteiger partial charge in [-0.3, -0.25) is 0 Å². The minimum Gasteiger partial charge on any atom is -0.380 e. The van der Waals surface area contributed by atoms with Gasteiger partial charge in [0.2, 0.25) is 0 Å². The maximum atomic E-state index is 5.98. The highest BCUT2D eigenvalue weighted by atomic mass is 16.5. The second-order valence-corrected chi connectivity index (χ2v) is 10.8. The summed E-state index contributed by atoms with van der Waals surface area (Å²) < 4.78 is 11.9. The molecule has 0 fully saturated rings. The number of likely N-dealkylation sites (N-methyl/N-ethyl adjacent to an activating group) is 1. The largest absolute Gasteiger partial charge is 0.380 e. The molecule has 0 bridgehead atoms. The summed E-state index contributed by atoms with van der Waals surface area (Å²) >= 11 is 0. The van der Waals surface area contributed by atoms with Crippen LogP contribution in [0.2, 0.25) is 0 Å². The first-order valence-electron chi connectivity index (χ1n) is 15.8. The molecular weight excluding hydrogens is 442 g/mol. The summed E-state index contributed by atoms with van der Waals surface area (Å²) in [5.41, 5.74) is 0. The zero-order valence-electron chi connectivity index (χ0n) is 25.1. The van der Waals surface area contributed by atoms with Crippen LogP contribution in [0.25, 0.3) is 0 Å². The monoisotopic (exact) mass is 508 g/mol. The SMILES string of the molecule is CCCCC/C=C\C/C=C\CCCCCCCCCCOCC(COCCCCCCCC)N(C)C. The molecule has 1 unspecified atom stereocenters. The molecule has 0 saturated carbocycles. The fourth-order valence-corrected chi connectivity index (χ4v) is 4.32. The molecule has 0 aromatic heterocycles. The van der Waals surface area contributed by atoms with Crippen molar-refractivity contribution in [3.63, 3.8) is 0 Å². The van der Waals surface area contributed by atoms with Crippen molar-refractivity contribution < 1.29 is 9.47 Å². The Morgan fingerprint density at radius 3 is 1.36 bits per heavy atom. The quantitative estimate of drug-likeness (QED) is 0.0742. The average Bonchev–Trinajstić information content (AvgIpc) is 2.87. The molecule has 1 atom stereocenters. The summed E-state index contributed by atoms with van der Waals surface area (Å²) in [5, 5.41) is 0. The second-order valence-electron chi connectivity index (χ2n) is 10.8. The third-order valence-electron chi connectivity index (χ3n) is 6.98. The Morgan fingerprint density at radius 2 is 0.889 bits per heavy atom. The van der Waals surface area contributed by atoms with Gasteiger partial charge < -0.3 is 14.4 Å². The second kappa shape index (κ2) is 30.6. The first-order valence-corrected chi connectivity index (χ1v) is 15.8. The third-order valence-corrected chi connectivity index (χ3v) is 6.98. The van der Waals surface area contributed by atoms with E-state index < -0.39 is 0 Å². The van der Waals surface area contributed by atoms with Gasteiger partial charge in [-0.25, -0.2) is 0 Å². The van der Waals surface area contributed by atoms with E-state index in [2.05, 4.69) is 57.1 Å². The van der Waals surface area contributed by atoms with Gasteiger partial charge in [-0.2, -0.15) is 0 Å². The van der Waals surface area contributed by atoms with Crippen molar-refractivity contribution in [2.45, 2.75) is 148 Å². The molecule has 0 saturated heterocycles. The molecule has 3 nitrogen and oxygen atoms in total. The van der Waals surface area contributed by atoms with Crippen molar-refractivity contribution in [3.05, 3.63) is 24.3 Å². The highest BCUT2D eigenvalue weighted by Gasteiger charge is 2.11. The maximum absolute atomic E-state index is 5.98. The van der Waals surface area contributed by atoms with Gasteiger partial charge in [0.15, 0.2) is 0 Å². The van der Waals surface area contributed by atoms with Crippen LogP contribution in [-0.2, 0) is 9.47 Å². The van der Waals surface area contributed by atoms with Crippen LogP contribution in [0.1, 0.15) is 142 Å². The molecule has 0 aromatic carbocycles. The Labute approximate surface area is 227 Å². The molecule has 36 heavy (non-hydrogen) atoms. The Morgan fingerprint density at radius 1 is 0.500 bits per heavy atom. The smallest absolute Gasteiger partial charge is 0.0644 e. The van der Waals surface area contributed by atoms with Gasteiger partial charge in [-0.05, 0) is 59.0 Å². The Bertz CT molecular complexity index is 461. The molecule has 0 aromatic rings. The van der Waals surface area contributed by atoms with Crippen LogP contribution < -0.4 is 0 Å². The van der Waals surface area contributed by atoms with Gasteiger partial charge in [-0.15, -0.1) is 0 Å². The standard InChI is InChI=1S/C33H65NO2/c1-5-7-9-11-13-14-15-16-17-18-19-20-21-22-23-24-26-28-30-36-32-33(34(3)4)31-35-29-27-25-12-10-8-6-2/h13-14,16-17,33H,5-12,15,18-32H2,1-4H3/b14-13-,17-16-. The highest BCUT2D eigenvalue weighted by molar-refractivity contribution is 4.92. The lowest BCUT2D eigenvalue weighted by molar-refractivity contribution is 0.0197. The van der Waals surface area contributed by atoms with E-state index in [1.807, 2.05) is 0 Å². The van der Waals surface area contributed by atoms with Gasteiger partial charge >= 0.3 is 0 Å². The van der Waals surface area contributed by atoms with Crippen LogP contribution in [0, 0.1) is 0 Å². The van der Waals surface area contributed by atoms with E-state index in [0.717, 1.165) is 32.8 Å². The van der Waals surface area contributed by atoms with Gasteiger partial charge in [0.25, 0.3) is 0 Å². The fourth-order valence-electron chi connectivity index (χ4n) is 4.32. The Hall–Kier alpha value is -0.640. The lowest BCUT2D eigenvalue weighted by Crippen LogP contribution is -2.37. The first kappa shape index (κ1) is 35.4. The van der Waals surface area contributed by atoms with Crippen molar-refractivity contribution in [3.8, 4) is 0 Å². The third kappa shape index (κ3) is 27.9. The molecule has 214 valence electrons. The van der Waals surface area contributed by atoms with Crippen molar-refractivity contribution in [1.29, 1.82) is 0 Å². The van der Waals surface area contributed by atoms with Gasteiger partial charge in [0.1, 0.15) is 0 Å². The van der Waals surface area contributed by atoms with Crippen LogP contribution >= 0.6 is 0 Å². The van der Waals surface area contributed by atoms with Crippen molar-refractivity contribution >= 4 is 0 Å². The summed E-state index contributed by atoms with van der Waals surface area (Å²) in [6, 6.07) is 0.368. The van der Waals surface area contributed by atoms with Crippen molar-refractivity contribution in [2.75, 3.05) is 40.5 Å². The van der Waals surface area contributed by atoms with Crippen LogP contribution in [0.15, 0.2) is 24.3 Å². The predicted molar refractivity (Wildman–Crippen MR) is 161 cm³/mol. The molecule has 3 heteroatoms. The molecule has 0 radical (unpaired) electrons. The van der Waals surface area contributed by atoms with Gasteiger partial charge in [0.05, 0.1) is 19.3 Å². The molecular formula is C33H65NO2. The molecule has 0 aliphatic rings. The summed E-state index contributed by atoms with van der Waals surface area (Å²) in [7, 11) is 4.26. The van der Waals surface area contributed by atoms with Crippen LogP contribution in [0.5, 0.6) is 0 Å². The van der Waals surface area contributed by atoms with Crippen molar-refractivity contribution in [2.24, 2.45) is 0 Å². The molecule has 0 heterocycles. The van der Waals surface area contributed by atoms with Gasteiger partial charge in [-0.1, -0.05) is 122 Å². The fraction of sp³-hybridized carbons (Fsp3) is 0.879. The Kier molecular flexibility index (Phi) is 30.0. The number of nitrogens with zero attached hydrogens (tertiary/aromatic N) is 1. The van der Waals surface area contributed by atoms with E-state index in [1.54, 1.807) is 0 Å². The van der Waals surface area contributed by atoms with E-state index in [9.17, 15) is 0 Å². The molecule has 0 rings (SSSR count). The summed E-state index contributed by atoms with van der Waals surface area (Å²) in [5.74, 6) is 0. The van der Waals surface area contributed by atoms with E-state index in [0.29, 0.717) is 6.04 Å². The maximum Gasteiger partial charge on any atom is 0.0644 e. The number of rotatable bonds is 29. The molecule has 0 N–H and O–H groups in total. The van der Waals surface area contributed by atoms with E-state index in [1.165, 1.54) is 122 Å². The van der Waals surface area contributed by atoms with E-state index >= 15 is 0 Å². The number of allylic oxidation sites excluding steroid dienone is 4. The zero-order chi connectivity index (χ0) is 26.4. The molecule has 0 amide bonds. The zero-order valence-corrected chi connectivity index (χ0v) is 25.1. The summed E-state index contributed by atoms with van der Waals surface area (Å²) in [6.07, 6.45) is 35.7. The van der Waals surface area contributed by atoms with E-state index in [4.69, 9.17) is 9.47 Å². The van der Waals surface area contributed by atoms with Crippen LogP contribution in [0.4, 0.5) is 0 Å². The lowest BCUT2D eigenvalue weighted by atomic mass is 10.1. The van der Waals surface area contributed by atoms with Crippen LogP contribution in [-0.4, -0.2) is 51.5 Å². The first-order chi connectivity index (χ1) is 17.7. The summed E-state index contributed by atoms with van der Waals surface area (Å²) in [4.78, 5) is 2.24. The lowest BCUT2D eigenvalue weighted by Gasteiger charge is -2.24. The molecule has 0 aliphatic heterocycles. The minimum absolute atomic E-state index is 0.368. The normalized spacial score (nSPS) is 13.0. The van der Waals surface area contributed by atoms with E-state index in [-0.39, 0.29) is 0 Å². The number of hydrogen-bond donors (Lipinski definition) is 0. The number of ether oxygens (including phenoxy) is 2. The topological polar surface area (TPSA) is 21.7 Å². The average molecular weight is 508 g/mol.